The Morgan fingerprint density at radius 3 is 2.60 bits per heavy atom. The van der Waals surface area contributed by atoms with Gasteiger partial charge in [-0.15, -0.1) is 0 Å². The van der Waals surface area contributed by atoms with Crippen molar-refractivity contribution < 1.29 is 13.2 Å². The molecule has 2 aliphatic rings. The smallest absolute Gasteiger partial charge is 0.244 e. The van der Waals surface area contributed by atoms with Crippen LogP contribution in [0.5, 0.6) is 0 Å². The molecular weight excluding hydrogens is 340 g/mol. The zero-order valence-corrected chi connectivity index (χ0v) is 15.2. The van der Waals surface area contributed by atoms with Gasteiger partial charge in [-0.2, -0.15) is 4.31 Å². The molecule has 2 aliphatic heterocycles. The number of hydrogen-bond acceptors (Lipinski definition) is 5. The van der Waals surface area contributed by atoms with Crippen molar-refractivity contribution in [3.63, 3.8) is 0 Å². The normalized spacial score (nSPS) is 23.6. The molecular formula is C17H26N4O3S. The maximum absolute atomic E-state index is 12.8. The van der Waals surface area contributed by atoms with Gasteiger partial charge in [-0.25, -0.2) is 8.42 Å². The summed E-state index contributed by atoms with van der Waals surface area (Å²) in [6, 6.07) is 3.31. The minimum Gasteiger partial charge on any atom is -0.338 e. The standard InChI is InChI=1S/C17H26N4O3S/c18-12-15-4-1-2-9-21(15)17(22)14-6-10-20(11-7-14)25(23,24)16-5-3-8-19-13-16/h3,5,8,13-15H,1-2,4,6-7,9-12,18H2. The molecule has 3 rings (SSSR count). The van der Waals surface area contributed by atoms with Crippen molar-refractivity contribution in [1.82, 2.24) is 14.2 Å². The molecule has 0 aliphatic carbocycles. The van der Waals surface area contributed by atoms with Crippen molar-refractivity contribution in [3.05, 3.63) is 24.5 Å². The van der Waals surface area contributed by atoms with Gasteiger partial charge in [-0.1, -0.05) is 0 Å². The van der Waals surface area contributed by atoms with Crippen LogP contribution in [0.1, 0.15) is 32.1 Å². The van der Waals surface area contributed by atoms with Gasteiger partial charge in [0.2, 0.25) is 15.9 Å². The molecule has 2 N–H and O–H groups in total. The van der Waals surface area contributed by atoms with E-state index in [0.29, 0.717) is 32.5 Å². The van der Waals surface area contributed by atoms with Crippen molar-refractivity contribution in [1.29, 1.82) is 0 Å². The lowest BCUT2D eigenvalue weighted by molar-refractivity contribution is -0.140. The zero-order chi connectivity index (χ0) is 17.9. The lowest BCUT2D eigenvalue weighted by atomic mass is 9.93. The molecule has 0 saturated carbocycles. The number of amides is 1. The molecule has 1 amide bonds. The molecule has 138 valence electrons. The number of rotatable bonds is 4. The van der Waals surface area contributed by atoms with E-state index in [9.17, 15) is 13.2 Å². The number of piperidine rings is 2. The SMILES string of the molecule is NCC1CCCCN1C(=O)C1CCN(S(=O)(=O)c2cccnc2)CC1. The second kappa shape index (κ2) is 7.80. The largest absolute Gasteiger partial charge is 0.338 e. The maximum Gasteiger partial charge on any atom is 0.244 e. The van der Waals surface area contributed by atoms with Gasteiger partial charge in [0, 0.05) is 50.5 Å². The minimum atomic E-state index is -3.53. The van der Waals surface area contributed by atoms with Crippen molar-refractivity contribution in [2.45, 2.75) is 43.0 Å². The van der Waals surface area contributed by atoms with E-state index in [1.54, 1.807) is 18.3 Å². The summed E-state index contributed by atoms with van der Waals surface area (Å²) < 4.78 is 26.7. The average molecular weight is 366 g/mol. The van der Waals surface area contributed by atoms with E-state index in [1.165, 1.54) is 10.5 Å². The highest BCUT2D eigenvalue weighted by Crippen LogP contribution is 2.27. The summed E-state index contributed by atoms with van der Waals surface area (Å²) in [6.07, 6.45) is 7.15. The molecule has 0 aromatic carbocycles. The maximum atomic E-state index is 12.8. The molecule has 8 heteroatoms. The Bertz CT molecular complexity index is 687. The molecule has 7 nitrogen and oxygen atoms in total. The van der Waals surface area contributed by atoms with Crippen LogP contribution >= 0.6 is 0 Å². The summed E-state index contributed by atoms with van der Waals surface area (Å²) in [7, 11) is -3.53. The predicted molar refractivity (Wildman–Crippen MR) is 94.1 cm³/mol. The van der Waals surface area contributed by atoms with E-state index in [4.69, 9.17) is 5.73 Å². The Labute approximate surface area is 149 Å². The number of hydrogen-bond donors (Lipinski definition) is 1. The number of sulfonamides is 1. The van der Waals surface area contributed by atoms with Crippen LogP contribution in [-0.4, -0.2) is 60.7 Å². The van der Waals surface area contributed by atoms with Gasteiger partial charge in [0.1, 0.15) is 4.90 Å². The molecule has 2 saturated heterocycles. The predicted octanol–water partition coefficient (Wildman–Crippen LogP) is 0.822. The average Bonchev–Trinajstić information content (AvgIpc) is 2.68. The topological polar surface area (TPSA) is 96.6 Å². The zero-order valence-electron chi connectivity index (χ0n) is 14.4. The van der Waals surface area contributed by atoms with Crippen LogP contribution in [0.3, 0.4) is 0 Å². The number of carbonyl (C=O) groups excluding carboxylic acids is 1. The van der Waals surface area contributed by atoms with Crippen LogP contribution in [0.15, 0.2) is 29.4 Å². The highest BCUT2D eigenvalue weighted by molar-refractivity contribution is 7.89. The molecule has 0 spiro atoms. The van der Waals surface area contributed by atoms with Crippen LogP contribution in [-0.2, 0) is 14.8 Å². The molecule has 0 radical (unpaired) electrons. The van der Waals surface area contributed by atoms with Gasteiger partial charge in [0.15, 0.2) is 0 Å². The summed E-state index contributed by atoms with van der Waals surface area (Å²) in [5.41, 5.74) is 5.82. The fourth-order valence-corrected chi connectivity index (χ4v) is 5.20. The fraction of sp³-hybridized carbons (Fsp3) is 0.647. The third-order valence-electron chi connectivity index (χ3n) is 5.26. The highest BCUT2D eigenvalue weighted by atomic mass is 32.2. The second-order valence-electron chi connectivity index (χ2n) is 6.78. The van der Waals surface area contributed by atoms with Crippen molar-refractivity contribution in [2.75, 3.05) is 26.2 Å². The minimum absolute atomic E-state index is 0.104. The molecule has 3 heterocycles. The van der Waals surface area contributed by atoms with Gasteiger partial charge in [-0.05, 0) is 44.2 Å². The first kappa shape index (κ1) is 18.3. The first-order chi connectivity index (χ1) is 12.0. The van der Waals surface area contributed by atoms with E-state index in [-0.39, 0.29) is 22.8 Å². The van der Waals surface area contributed by atoms with Crippen molar-refractivity contribution in [3.8, 4) is 0 Å². The number of carbonyl (C=O) groups is 1. The van der Waals surface area contributed by atoms with Crippen molar-refractivity contribution >= 4 is 15.9 Å². The third kappa shape index (κ3) is 3.86. The molecule has 2 fully saturated rings. The lowest BCUT2D eigenvalue weighted by Crippen LogP contribution is -2.51. The Hall–Kier alpha value is -1.51. The van der Waals surface area contributed by atoms with Gasteiger partial charge < -0.3 is 10.6 Å². The van der Waals surface area contributed by atoms with Crippen LogP contribution in [0.2, 0.25) is 0 Å². The van der Waals surface area contributed by atoms with E-state index in [2.05, 4.69) is 4.98 Å². The van der Waals surface area contributed by atoms with Crippen molar-refractivity contribution in [2.24, 2.45) is 11.7 Å². The first-order valence-electron chi connectivity index (χ1n) is 8.94. The Morgan fingerprint density at radius 2 is 1.96 bits per heavy atom. The monoisotopic (exact) mass is 366 g/mol. The molecule has 1 aromatic rings. The van der Waals surface area contributed by atoms with Gasteiger partial charge in [0.25, 0.3) is 0 Å². The van der Waals surface area contributed by atoms with E-state index in [1.807, 2.05) is 4.90 Å². The van der Waals surface area contributed by atoms with E-state index < -0.39 is 10.0 Å². The van der Waals surface area contributed by atoms with Gasteiger partial charge in [0.05, 0.1) is 0 Å². The molecule has 1 unspecified atom stereocenters. The summed E-state index contributed by atoms with van der Waals surface area (Å²) in [4.78, 5) is 18.9. The van der Waals surface area contributed by atoms with Gasteiger partial charge >= 0.3 is 0 Å². The summed E-state index contributed by atoms with van der Waals surface area (Å²) in [5, 5.41) is 0. The molecule has 25 heavy (non-hydrogen) atoms. The van der Waals surface area contributed by atoms with Crippen LogP contribution in [0.25, 0.3) is 0 Å². The highest BCUT2D eigenvalue weighted by Gasteiger charge is 2.36. The molecule has 1 atom stereocenters. The lowest BCUT2D eigenvalue weighted by Gasteiger charge is -2.39. The Morgan fingerprint density at radius 1 is 1.20 bits per heavy atom. The Balaban J connectivity index is 1.63. The summed E-state index contributed by atoms with van der Waals surface area (Å²) in [5.74, 6) is 0.0427. The molecule has 0 bridgehead atoms. The van der Waals surface area contributed by atoms with Crippen LogP contribution < -0.4 is 5.73 Å². The van der Waals surface area contributed by atoms with E-state index >= 15 is 0 Å². The first-order valence-corrected chi connectivity index (χ1v) is 10.4. The third-order valence-corrected chi connectivity index (χ3v) is 7.14. The summed E-state index contributed by atoms with van der Waals surface area (Å²) >= 11 is 0. The van der Waals surface area contributed by atoms with E-state index in [0.717, 1.165) is 25.8 Å². The Kier molecular flexibility index (Phi) is 5.71. The summed E-state index contributed by atoms with van der Waals surface area (Å²) in [6.45, 7) is 2.01. The van der Waals surface area contributed by atoms with Crippen LogP contribution in [0.4, 0.5) is 0 Å². The fourth-order valence-electron chi connectivity index (χ4n) is 3.76. The number of pyridine rings is 1. The molecule has 1 aromatic heterocycles. The second-order valence-corrected chi connectivity index (χ2v) is 8.72. The quantitative estimate of drug-likeness (QED) is 0.851. The number of aromatic nitrogens is 1. The number of nitrogens with two attached hydrogens (primary N) is 1. The van der Waals surface area contributed by atoms with Crippen LogP contribution in [0, 0.1) is 5.92 Å². The van der Waals surface area contributed by atoms with Gasteiger partial charge in [-0.3, -0.25) is 9.78 Å². The number of likely N-dealkylation sites (tertiary alicyclic amines) is 1. The number of nitrogens with zero attached hydrogens (tertiary/aromatic N) is 3.